The SMILES string of the molecule is NC1(Cc2cc(F)ccc2Br)CCCCCCC1. The van der Waals surface area contributed by atoms with Gasteiger partial charge in [0.05, 0.1) is 0 Å². The molecule has 0 heterocycles. The fourth-order valence-electron chi connectivity index (χ4n) is 2.84. The molecule has 1 fully saturated rings. The van der Waals surface area contributed by atoms with Gasteiger partial charge in [-0.2, -0.15) is 0 Å². The molecule has 18 heavy (non-hydrogen) atoms. The molecule has 1 aromatic carbocycles. The van der Waals surface area contributed by atoms with E-state index in [2.05, 4.69) is 15.9 Å². The molecule has 0 atom stereocenters. The minimum absolute atomic E-state index is 0.156. The molecule has 1 nitrogen and oxygen atoms in total. The first kappa shape index (κ1) is 14.0. The van der Waals surface area contributed by atoms with Gasteiger partial charge in [0.2, 0.25) is 0 Å². The van der Waals surface area contributed by atoms with Crippen molar-refractivity contribution in [3.8, 4) is 0 Å². The van der Waals surface area contributed by atoms with E-state index in [4.69, 9.17) is 5.73 Å². The van der Waals surface area contributed by atoms with E-state index in [0.717, 1.165) is 29.3 Å². The zero-order valence-corrected chi connectivity index (χ0v) is 12.3. The van der Waals surface area contributed by atoms with Crippen LogP contribution in [0.25, 0.3) is 0 Å². The van der Waals surface area contributed by atoms with Crippen molar-refractivity contribution >= 4 is 15.9 Å². The summed E-state index contributed by atoms with van der Waals surface area (Å²) >= 11 is 3.49. The largest absolute Gasteiger partial charge is 0.325 e. The monoisotopic (exact) mass is 313 g/mol. The van der Waals surface area contributed by atoms with Crippen LogP contribution in [0.2, 0.25) is 0 Å². The van der Waals surface area contributed by atoms with Crippen LogP contribution in [0.1, 0.15) is 50.5 Å². The first-order valence-corrected chi connectivity index (χ1v) is 7.61. The van der Waals surface area contributed by atoms with Gasteiger partial charge in [-0.25, -0.2) is 4.39 Å². The molecular formula is C15H21BrFN. The first-order valence-electron chi connectivity index (χ1n) is 6.82. The highest BCUT2D eigenvalue weighted by Gasteiger charge is 2.26. The Morgan fingerprint density at radius 2 is 1.72 bits per heavy atom. The minimum Gasteiger partial charge on any atom is -0.325 e. The van der Waals surface area contributed by atoms with Crippen molar-refractivity contribution in [2.24, 2.45) is 5.73 Å². The Hall–Kier alpha value is -0.410. The lowest BCUT2D eigenvalue weighted by Crippen LogP contribution is -2.42. The molecule has 1 aliphatic rings. The van der Waals surface area contributed by atoms with E-state index in [1.165, 1.54) is 38.2 Å². The van der Waals surface area contributed by atoms with Crippen molar-refractivity contribution in [1.29, 1.82) is 0 Å². The lowest BCUT2D eigenvalue weighted by molar-refractivity contribution is 0.314. The van der Waals surface area contributed by atoms with Crippen LogP contribution in [0.5, 0.6) is 0 Å². The molecule has 2 rings (SSSR count). The molecule has 0 saturated heterocycles. The van der Waals surface area contributed by atoms with E-state index in [1.807, 2.05) is 0 Å². The van der Waals surface area contributed by atoms with Crippen LogP contribution in [0.3, 0.4) is 0 Å². The van der Waals surface area contributed by atoms with E-state index in [-0.39, 0.29) is 11.4 Å². The molecule has 100 valence electrons. The molecule has 0 aromatic heterocycles. The Morgan fingerprint density at radius 1 is 1.11 bits per heavy atom. The molecular weight excluding hydrogens is 293 g/mol. The summed E-state index contributed by atoms with van der Waals surface area (Å²) in [5, 5.41) is 0. The minimum atomic E-state index is -0.178. The quantitative estimate of drug-likeness (QED) is 0.850. The van der Waals surface area contributed by atoms with Crippen LogP contribution < -0.4 is 5.73 Å². The summed E-state index contributed by atoms with van der Waals surface area (Å²) < 4.78 is 14.3. The Bertz CT molecular complexity index is 397. The highest BCUT2D eigenvalue weighted by Crippen LogP contribution is 2.30. The summed E-state index contributed by atoms with van der Waals surface area (Å²) in [7, 11) is 0. The topological polar surface area (TPSA) is 26.0 Å². The molecule has 1 saturated carbocycles. The van der Waals surface area contributed by atoms with Crippen LogP contribution in [0.4, 0.5) is 4.39 Å². The van der Waals surface area contributed by atoms with Crippen molar-refractivity contribution in [3.63, 3.8) is 0 Å². The third-order valence-electron chi connectivity index (χ3n) is 3.90. The second kappa shape index (κ2) is 6.16. The van der Waals surface area contributed by atoms with Gasteiger partial charge in [0.1, 0.15) is 5.82 Å². The lowest BCUT2D eigenvalue weighted by atomic mass is 9.80. The average Bonchev–Trinajstić information content (AvgIpc) is 2.30. The number of hydrogen-bond acceptors (Lipinski definition) is 1. The maximum Gasteiger partial charge on any atom is 0.123 e. The number of halogens is 2. The van der Waals surface area contributed by atoms with Gasteiger partial charge in [-0.15, -0.1) is 0 Å². The van der Waals surface area contributed by atoms with Gasteiger partial charge in [0.25, 0.3) is 0 Å². The van der Waals surface area contributed by atoms with Crippen molar-refractivity contribution in [2.45, 2.75) is 56.9 Å². The molecule has 0 amide bonds. The third kappa shape index (κ3) is 3.79. The van der Waals surface area contributed by atoms with Gasteiger partial charge >= 0.3 is 0 Å². The second-order valence-corrected chi connectivity index (χ2v) is 6.40. The van der Waals surface area contributed by atoms with Crippen molar-refractivity contribution in [1.82, 2.24) is 0 Å². The second-order valence-electron chi connectivity index (χ2n) is 5.54. The Labute approximate surface area is 117 Å². The Morgan fingerprint density at radius 3 is 2.39 bits per heavy atom. The zero-order valence-electron chi connectivity index (χ0n) is 10.7. The summed E-state index contributed by atoms with van der Waals surface area (Å²) in [4.78, 5) is 0. The van der Waals surface area contributed by atoms with Crippen LogP contribution in [-0.4, -0.2) is 5.54 Å². The Balaban J connectivity index is 2.11. The molecule has 1 aliphatic carbocycles. The van der Waals surface area contributed by atoms with E-state index in [1.54, 1.807) is 12.1 Å². The van der Waals surface area contributed by atoms with Gasteiger partial charge in [-0.05, 0) is 43.0 Å². The smallest absolute Gasteiger partial charge is 0.123 e. The van der Waals surface area contributed by atoms with E-state index in [0.29, 0.717) is 0 Å². The fraction of sp³-hybridized carbons (Fsp3) is 0.600. The van der Waals surface area contributed by atoms with Crippen molar-refractivity contribution in [3.05, 3.63) is 34.1 Å². The lowest BCUT2D eigenvalue weighted by Gasteiger charge is -2.32. The Kier molecular flexibility index (Phi) is 4.79. The summed E-state index contributed by atoms with van der Waals surface area (Å²) in [6.07, 6.45) is 9.16. The predicted molar refractivity (Wildman–Crippen MR) is 77.0 cm³/mol. The molecule has 0 aliphatic heterocycles. The van der Waals surface area contributed by atoms with Crippen LogP contribution >= 0.6 is 15.9 Å². The molecule has 0 bridgehead atoms. The van der Waals surface area contributed by atoms with Gasteiger partial charge in [-0.3, -0.25) is 0 Å². The predicted octanol–water partition coefficient (Wildman–Crippen LogP) is 4.57. The molecule has 3 heteroatoms. The van der Waals surface area contributed by atoms with E-state index in [9.17, 15) is 4.39 Å². The maximum atomic E-state index is 13.3. The van der Waals surface area contributed by atoms with E-state index >= 15 is 0 Å². The van der Waals surface area contributed by atoms with Crippen LogP contribution in [0, 0.1) is 5.82 Å². The van der Waals surface area contributed by atoms with Crippen molar-refractivity contribution < 1.29 is 4.39 Å². The third-order valence-corrected chi connectivity index (χ3v) is 4.67. The average molecular weight is 314 g/mol. The van der Waals surface area contributed by atoms with Gasteiger partial charge in [-0.1, -0.05) is 48.0 Å². The molecule has 0 radical (unpaired) electrons. The van der Waals surface area contributed by atoms with Gasteiger partial charge < -0.3 is 5.73 Å². The summed E-state index contributed by atoms with van der Waals surface area (Å²) in [5.74, 6) is -0.178. The standard InChI is InChI=1S/C15H21BrFN/c16-14-7-6-13(17)10-12(14)11-15(18)8-4-2-1-3-5-9-15/h6-7,10H,1-5,8-9,11,18H2. The fourth-order valence-corrected chi connectivity index (χ4v) is 3.23. The van der Waals surface area contributed by atoms with Crippen LogP contribution in [-0.2, 0) is 6.42 Å². The molecule has 2 N–H and O–H groups in total. The first-order chi connectivity index (χ1) is 8.59. The highest BCUT2D eigenvalue weighted by molar-refractivity contribution is 9.10. The normalized spacial score (nSPS) is 20.2. The van der Waals surface area contributed by atoms with E-state index < -0.39 is 0 Å². The van der Waals surface area contributed by atoms with Gasteiger partial charge in [0, 0.05) is 10.0 Å². The number of hydrogen-bond donors (Lipinski definition) is 1. The van der Waals surface area contributed by atoms with Crippen molar-refractivity contribution in [2.75, 3.05) is 0 Å². The zero-order chi connectivity index (χ0) is 13.0. The maximum absolute atomic E-state index is 13.3. The highest BCUT2D eigenvalue weighted by atomic mass is 79.9. The summed E-state index contributed by atoms with van der Waals surface area (Å²) in [6.45, 7) is 0. The summed E-state index contributed by atoms with van der Waals surface area (Å²) in [5.41, 5.74) is 7.38. The summed E-state index contributed by atoms with van der Waals surface area (Å²) in [6, 6.07) is 4.86. The molecule has 1 aromatic rings. The number of rotatable bonds is 2. The number of benzene rings is 1. The van der Waals surface area contributed by atoms with Crippen LogP contribution in [0.15, 0.2) is 22.7 Å². The van der Waals surface area contributed by atoms with Gasteiger partial charge in [0.15, 0.2) is 0 Å². The molecule has 0 spiro atoms. The number of nitrogens with two attached hydrogens (primary N) is 1. The molecule has 0 unspecified atom stereocenters.